The number of carbonyl (C=O) groups excluding carboxylic acids is 2. The SMILES string of the molecule is CCNC(=O)CN(CC)C(=O)C12CC3CC(CC(Br)(C3)C1)C2. The van der Waals surface area contributed by atoms with E-state index in [0.29, 0.717) is 24.9 Å². The minimum Gasteiger partial charge on any atom is -0.355 e. The molecule has 0 heterocycles. The summed E-state index contributed by atoms with van der Waals surface area (Å²) in [6.45, 7) is 5.31. The highest BCUT2D eigenvalue weighted by molar-refractivity contribution is 9.10. The summed E-state index contributed by atoms with van der Waals surface area (Å²) < 4.78 is 0.178. The third-order valence-electron chi connectivity index (χ3n) is 5.82. The molecule has 0 radical (unpaired) electrons. The first-order valence-corrected chi connectivity index (χ1v) is 9.44. The van der Waals surface area contributed by atoms with E-state index >= 15 is 0 Å². The van der Waals surface area contributed by atoms with Crippen molar-refractivity contribution in [2.45, 2.75) is 56.7 Å². The highest BCUT2D eigenvalue weighted by Gasteiger charge is 2.60. The molecule has 2 atom stereocenters. The van der Waals surface area contributed by atoms with E-state index in [2.05, 4.69) is 21.2 Å². The van der Waals surface area contributed by atoms with Crippen molar-refractivity contribution >= 4 is 27.7 Å². The predicted molar refractivity (Wildman–Crippen MR) is 89.7 cm³/mol. The maximum absolute atomic E-state index is 13.2. The monoisotopic (exact) mass is 370 g/mol. The van der Waals surface area contributed by atoms with Crippen molar-refractivity contribution in [3.8, 4) is 0 Å². The van der Waals surface area contributed by atoms with Gasteiger partial charge in [0.2, 0.25) is 11.8 Å². The Labute approximate surface area is 141 Å². The number of rotatable bonds is 5. The second kappa shape index (κ2) is 5.81. The molecule has 1 N–H and O–H groups in total. The van der Waals surface area contributed by atoms with Crippen molar-refractivity contribution in [2.75, 3.05) is 19.6 Å². The minimum atomic E-state index is -0.212. The molecule has 4 nitrogen and oxygen atoms in total. The number of amides is 2. The first-order valence-electron chi connectivity index (χ1n) is 8.65. The number of nitrogens with zero attached hydrogens (tertiary/aromatic N) is 1. The first-order chi connectivity index (χ1) is 10.4. The number of alkyl halides is 1. The number of likely N-dealkylation sites (N-methyl/N-ethyl adjacent to an activating group) is 2. The molecule has 0 aliphatic heterocycles. The fraction of sp³-hybridized carbons (Fsp3) is 0.882. The standard InChI is InChI=1S/C17H27BrN2O2/c1-3-19-14(21)10-20(4-2)15(22)16-6-12-5-13(7-16)9-17(18,8-12)11-16/h12-13H,3-11H2,1-2H3,(H,19,21). The Balaban J connectivity index is 1.77. The van der Waals surface area contributed by atoms with Crippen LogP contribution in [-0.4, -0.2) is 40.7 Å². The molecule has 5 heteroatoms. The molecule has 22 heavy (non-hydrogen) atoms. The smallest absolute Gasteiger partial charge is 0.239 e. The van der Waals surface area contributed by atoms with Gasteiger partial charge >= 0.3 is 0 Å². The molecule has 4 aliphatic carbocycles. The largest absolute Gasteiger partial charge is 0.355 e. The summed E-state index contributed by atoms with van der Waals surface area (Å²) in [5.74, 6) is 1.55. The zero-order chi connectivity index (χ0) is 16.0. The quantitative estimate of drug-likeness (QED) is 0.756. The lowest BCUT2D eigenvalue weighted by atomic mass is 9.49. The van der Waals surface area contributed by atoms with E-state index in [9.17, 15) is 9.59 Å². The van der Waals surface area contributed by atoms with Crippen molar-refractivity contribution in [2.24, 2.45) is 17.3 Å². The lowest BCUT2D eigenvalue weighted by molar-refractivity contribution is -0.156. The molecule has 0 aromatic rings. The Morgan fingerprint density at radius 2 is 1.82 bits per heavy atom. The molecule has 4 fully saturated rings. The van der Waals surface area contributed by atoms with Gasteiger partial charge in [0.15, 0.2) is 0 Å². The molecule has 0 spiro atoms. The Kier molecular flexibility index (Phi) is 4.30. The van der Waals surface area contributed by atoms with Crippen LogP contribution in [0.25, 0.3) is 0 Å². The average molecular weight is 371 g/mol. The minimum absolute atomic E-state index is 0.0454. The summed E-state index contributed by atoms with van der Waals surface area (Å²) in [6, 6.07) is 0. The van der Waals surface area contributed by atoms with Crippen LogP contribution in [0.2, 0.25) is 0 Å². The van der Waals surface area contributed by atoms with Gasteiger partial charge in [-0.2, -0.15) is 0 Å². The van der Waals surface area contributed by atoms with Gasteiger partial charge < -0.3 is 10.2 Å². The topological polar surface area (TPSA) is 49.4 Å². The van der Waals surface area contributed by atoms with E-state index in [4.69, 9.17) is 0 Å². The van der Waals surface area contributed by atoms with Gasteiger partial charge in [-0.25, -0.2) is 0 Å². The molecule has 0 aromatic heterocycles. The van der Waals surface area contributed by atoms with Crippen molar-refractivity contribution in [3.05, 3.63) is 0 Å². The Hall–Kier alpha value is -0.580. The zero-order valence-corrected chi connectivity index (χ0v) is 15.2. The predicted octanol–water partition coefficient (Wildman–Crippen LogP) is 2.70. The van der Waals surface area contributed by atoms with Gasteiger partial charge in [-0.15, -0.1) is 0 Å². The molecule has 4 bridgehead atoms. The third-order valence-corrected chi connectivity index (χ3v) is 6.75. The average Bonchev–Trinajstić information content (AvgIpc) is 2.41. The number of hydrogen-bond donors (Lipinski definition) is 1. The summed E-state index contributed by atoms with van der Waals surface area (Å²) in [7, 11) is 0. The van der Waals surface area contributed by atoms with Gasteiger partial charge in [-0.05, 0) is 64.2 Å². The van der Waals surface area contributed by atoms with Crippen LogP contribution in [-0.2, 0) is 9.59 Å². The molecule has 124 valence electrons. The summed E-state index contributed by atoms with van der Waals surface area (Å²) in [4.78, 5) is 26.9. The molecule has 4 saturated carbocycles. The van der Waals surface area contributed by atoms with Crippen LogP contribution in [0, 0.1) is 17.3 Å². The summed E-state index contributed by atoms with van der Waals surface area (Å²) in [6.07, 6.45) is 6.76. The van der Waals surface area contributed by atoms with Crippen LogP contribution >= 0.6 is 15.9 Å². The van der Waals surface area contributed by atoms with Crippen molar-refractivity contribution in [3.63, 3.8) is 0 Å². The van der Waals surface area contributed by atoms with E-state index in [1.165, 1.54) is 19.3 Å². The molecule has 4 rings (SSSR count). The maximum atomic E-state index is 13.2. The van der Waals surface area contributed by atoms with Gasteiger partial charge in [0.1, 0.15) is 0 Å². The number of carbonyl (C=O) groups is 2. The lowest BCUT2D eigenvalue weighted by Crippen LogP contribution is -2.59. The summed E-state index contributed by atoms with van der Waals surface area (Å²) >= 11 is 3.96. The maximum Gasteiger partial charge on any atom is 0.239 e. The first kappa shape index (κ1) is 16.3. The van der Waals surface area contributed by atoms with Crippen LogP contribution in [0.15, 0.2) is 0 Å². The van der Waals surface area contributed by atoms with Gasteiger partial charge in [0, 0.05) is 17.4 Å². The van der Waals surface area contributed by atoms with E-state index in [1.807, 2.05) is 13.8 Å². The molecular weight excluding hydrogens is 344 g/mol. The fourth-order valence-electron chi connectivity index (χ4n) is 5.49. The Bertz CT molecular complexity index is 465. The summed E-state index contributed by atoms with van der Waals surface area (Å²) in [5, 5.41) is 2.80. The number of nitrogens with one attached hydrogen (secondary N) is 1. The van der Waals surface area contributed by atoms with E-state index < -0.39 is 0 Å². The lowest BCUT2D eigenvalue weighted by Gasteiger charge is -2.60. The third kappa shape index (κ3) is 2.81. The Morgan fingerprint density at radius 3 is 2.32 bits per heavy atom. The molecular formula is C17H27BrN2O2. The van der Waals surface area contributed by atoms with E-state index in [-0.39, 0.29) is 28.1 Å². The van der Waals surface area contributed by atoms with Crippen LogP contribution in [0.5, 0.6) is 0 Å². The van der Waals surface area contributed by atoms with Gasteiger partial charge in [-0.3, -0.25) is 9.59 Å². The van der Waals surface area contributed by atoms with Gasteiger partial charge in [0.25, 0.3) is 0 Å². The van der Waals surface area contributed by atoms with Gasteiger partial charge in [0.05, 0.1) is 12.0 Å². The van der Waals surface area contributed by atoms with E-state index in [0.717, 1.165) is 19.3 Å². The second-order valence-electron chi connectivity index (χ2n) is 7.67. The van der Waals surface area contributed by atoms with Crippen molar-refractivity contribution in [1.29, 1.82) is 0 Å². The number of halogens is 1. The van der Waals surface area contributed by atoms with Crippen LogP contribution in [0.3, 0.4) is 0 Å². The molecule has 4 aliphatic rings. The van der Waals surface area contributed by atoms with Crippen LogP contribution < -0.4 is 5.32 Å². The zero-order valence-electron chi connectivity index (χ0n) is 13.7. The highest BCUT2D eigenvalue weighted by atomic mass is 79.9. The molecule has 0 saturated heterocycles. The van der Waals surface area contributed by atoms with Crippen molar-refractivity contribution in [1.82, 2.24) is 10.2 Å². The second-order valence-corrected chi connectivity index (χ2v) is 9.35. The number of hydrogen-bond acceptors (Lipinski definition) is 2. The molecule has 0 aromatic carbocycles. The van der Waals surface area contributed by atoms with Gasteiger partial charge in [-0.1, -0.05) is 15.9 Å². The highest BCUT2D eigenvalue weighted by Crippen LogP contribution is 2.64. The molecule has 2 unspecified atom stereocenters. The summed E-state index contributed by atoms with van der Waals surface area (Å²) in [5.41, 5.74) is -0.212. The van der Waals surface area contributed by atoms with Crippen LogP contribution in [0.1, 0.15) is 52.4 Å². The molecule has 2 amide bonds. The normalized spacial score (nSPS) is 38.9. The van der Waals surface area contributed by atoms with Crippen LogP contribution in [0.4, 0.5) is 0 Å². The van der Waals surface area contributed by atoms with E-state index in [1.54, 1.807) is 4.90 Å². The van der Waals surface area contributed by atoms with Crippen molar-refractivity contribution < 1.29 is 9.59 Å². The fourth-order valence-corrected chi connectivity index (χ4v) is 6.94. The Morgan fingerprint density at radius 1 is 1.18 bits per heavy atom.